The van der Waals surface area contributed by atoms with Crippen molar-refractivity contribution in [3.8, 4) is 0 Å². The highest BCUT2D eigenvalue weighted by molar-refractivity contribution is 6.30. The van der Waals surface area contributed by atoms with E-state index in [2.05, 4.69) is 30.3 Å². The van der Waals surface area contributed by atoms with E-state index in [4.69, 9.17) is 17.3 Å². The summed E-state index contributed by atoms with van der Waals surface area (Å²) in [5, 5.41) is 0.753. The summed E-state index contributed by atoms with van der Waals surface area (Å²) < 4.78 is 2.15. The Balaban J connectivity index is 2.24. The molecule has 2 N–H and O–H groups in total. The zero-order valence-electron chi connectivity index (χ0n) is 12.3. The van der Waals surface area contributed by atoms with Crippen LogP contribution in [0.4, 0.5) is 0 Å². The first-order valence-electron chi connectivity index (χ1n) is 7.01. The molecule has 2 aromatic rings. The van der Waals surface area contributed by atoms with E-state index < -0.39 is 0 Å². The number of benzene rings is 1. The van der Waals surface area contributed by atoms with Gasteiger partial charge < -0.3 is 10.3 Å². The fraction of sp³-hybridized carbons (Fsp3) is 0.438. The van der Waals surface area contributed by atoms with Gasteiger partial charge in [-0.3, -0.25) is 0 Å². The largest absolute Gasteiger partial charge is 0.326 e. The normalized spacial score (nSPS) is 14.5. The number of nitrogens with zero attached hydrogens (tertiary/aromatic N) is 2. The summed E-state index contributed by atoms with van der Waals surface area (Å²) in [5.74, 6) is 0.569. The molecule has 0 aliphatic heterocycles. The summed E-state index contributed by atoms with van der Waals surface area (Å²) in [6, 6.07) is 8.14. The van der Waals surface area contributed by atoms with Gasteiger partial charge in [-0.2, -0.15) is 0 Å². The average molecular weight is 292 g/mol. The van der Waals surface area contributed by atoms with Crippen LogP contribution in [0, 0.1) is 5.92 Å². The van der Waals surface area contributed by atoms with E-state index in [0.29, 0.717) is 5.92 Å². The quantitative estimate of drug-likeness (QED) is 0.897. The molecule has 108 valence electrons. The first kappa shape index (κ1) is 15.1. The number of nitrogens with two attached hydrogens (primary N) is 1. The van der Waals surface area contributed by atoms with Crippen LogP contribution in [0.3, 0.4) is 0 Å². The Morgan fingerprint density at radius 3 is 2.45 bits per heavy atom. The van der Waals surface area contributed by atoms with Gasteiger partial charge in [-0.1, -0.05) is 37.6 Å². The molecule has 0 amide bonds. The van der Waals surface area contributed by atoms with Gasteiger partial charge >= 0.3 is 0 Å². The zero-order chi connectivity index (χ0) is 14.7. The standard InChI is InChI=1S/C16H22ClN3/c1-11(2)8-15(18)16-9-19-10-20(16)12(3)13-4-6-14(17)7-5-13/h4-7,9-12,15H,8,18H2,1-3H3. The lowest BCUT2D eigenvalue weighted by molar-refractivity contribution is 0.475. The summed E-state index contributed by atoms with van der Waals surface area (Å²) in [6.45, 7) is 6.52. The lowest BCUT2D eigenvalue weighted by Crippen LogP contribution is -2.19. The maximum absolute atomic E-state index is 6.30. The fourth-order valence-electron chi connectivity index (χ4n) is 2.46. The van der Waals surface area contributed by atoms with Crippen LogP contribution in [0.5, 0.6) is 0 Å². The molecule has 1 heterocycles. The van der Waals surface area contributed by atoms with Gasteiger partial charge in [0, 0.05) is 17.3 Å². The van der Waals surface area contributed by atoms with Crippen LogP contribution in [0.2, 0.25) is 5.02 Å². The fourth-order valence-corrected chi connectivity index (χ4v) is 2.58. The van der Waals surface area contributed by atoms with E-state index >= 15 is 0 Å². The smallest absolute Gasteiger partial charge is 0.0954 e. The van der Waals surface area contributed by atoms with Gasteiger partial charge in [0.25, 0.3) is 0 Å². The molecule has 0 spiro atoms. The highest BCUT2D eigenvalue weighted by atomic mass is 35.5. The minimum absolute atomic E-state index is 0.0206. The van der Waals surface area contributed by atoms with Gasteiger partial charge in [-0.05, 0) is 37.0 Å². The molecule has 0 aliphatic rings. The van der Waals surface area contributed by atoms with E-state index in [9.17, 15) is 0 Å². The third kappa shape index (κ3) is 3.41. The van der Waals surface area contributed by atoms with Gasteiger partial charge in [0.1, 0.15) is 0 Å². The first-order valence-corrected chi connectivity index (χ1v) is 7.39. The van der Waals surface area contributed by atoms with E-state index in [0.717, 1.165) is 17.1 Å². The summed E-state index contributed by atoms with van der Waals surface area (Å²) >= 11 is 5.94. The summed E-state index contributed by atoms with van der Waals surface area (Å²) in [6.07, 6.45) is 4.69. The SMILES string of the molecule is CC(C)CC(N)c1cncn1C(C)c1ccc(Cl)cc1. The van der Waals surface area contributed by atoms with Gasteiger partial charge in [0.15, 0.2) is 0 Å². The van der Waals surface area contributed by atoms with Crippen molar-refractivity contribution in [3.05, 3.63) is 53.1 Å². The maximum atomic E-state index is 6.30. The minimum atomic E-state index is 0.0206. The van der Waals surface area contributed by atoms with Crippen LogP contribution in [-0.2, 0) is 0 Å². The van der Waals surface area contributed by atoms with Crippen LogP contribution >= 0.6 is 11.6 Å². The number of hydrogen-bond donors (Lipinski definition) is 1. The number of imidazole rings is 1. The predicted octanol–water partition coefficient (Wildman–Crippen LogP) is 4.19. The van der Waals surface area contributed by atoms with Crippen LogP contribution in [0.1, 0.15) is 50.5 Å². The van der Waals surface area contributed by atoms with Crippen LogP contribution in [0.15, 0.2) is 36.8 Å². The average Bonchev–Trinajstić information content (AvgIpc) is 2.87. The van der Waals surface area contributed by atoms with E-state index in [-0.39, 0.29) is 12.1 Å². The molecule has 0 radical (unpaired) electrons. The molecule has 0 fully saturated rings. The van der Waals surface area contributed by atoms with Crippen molar-refractivity contribution in [3.63, 3.8) is 0 Å². The van der Waals surface area contributed by atoms with Crippen molar-refractivity contribution in [2.45, 2.75) is 39.3 Å². The highest BCUT2D eigenvalue weighted by Gasteiger charge is 2.17. The number of halogens is 1. The highest BCUT2D eigenvalue weighted by Crippen LogP contribution is 2.25. The topological polar surface area (TPSA) is 43.8 Å². The third-order valence-corrected chi connectivity index (χ3v) is 3.82. The lowest BCUT2D eigenvalue weighted by atomic mass is 10.0. The molecular weight excluding hydrogens is 270 g/mol. The van der Waals surface area contributed by atoms with Gasteiger partial charge in [-0.25, -0.2) is 4.98 Å². The Morgan fingerprint density at radius 2 is 1.85 bits per heavy atom. The van der Waals surface area contributed by atoms with Crippen LogP contribution in [0.25, 0.3) is 0 Å². The zero-order valence-corrected chi connectivity index (χ0v) is 13.0. The van der Waals surface area contributed by atoms with E-state index in [1.165, 1.54) is 5.56 Å². The second-order valence-electron chi connectivity index (χ2n) is 5.69. The van der Waals surface area contributed by atoms with Gasteiger partial charge in [0.05, 0.1) is 18.1 Å². The Kier molecular flexibility index (Phi) is 4.84. The molecular formula is C16H22ClN3. The molecule has 0 saturated carbocycles. The van der Waals surface area contributed by atoms with E-state index in [1.54, 1.807) is 0 Å². The molecule has 2 unspecified atom stereocenters. The second-order valence-corrected chi connectivity index (χ2v) is 6.13. The summed E-state index contributed by atoms with van der Waals surface area (Å²) in [7, 11) is 0. The Hall–Kier alpha value is -1.32. The molecule has 3 nitrogen and oxygen atoms in total. The molecule has 0 bridgehead atoms. The number of rotatable bonds is 5. The summed E-state index contributed by atoms with van der Waals surface area (Å²) in [4.78, 5) is 4.27. The molecule has 2 rings (SSSR count). The van der Waals surface area contributed by atoms with Crippen LogP contribution in [-0.4, -0.2) is 9.55 Å². The monoisotopic (exact) mass is 291 g/mol. The van der Waals surface area contributed by atoms with Crippen molar-refractivity contribution in [1.29, 1.82) is 0 Å². The lowest BCUT2D eigenvalue weighted by Gasteiger charge is -2.21. The van der Waals surface area contributed by atoms with Gasteiger partial charge in [0.2, 0.25) is 0 Å². The second kappa shape index (κ2) is 6.42. The first-order chi connectivity index (χ1) is 9.49. The molecule has 0 aliphatic carbocycles. The molecule has 4 heteroatoms. The van der Waals surface area contributed by atoms with Crippen molar-refractivity contribution in [2.75, 3.05) is 0 Å². The van der Waals surface area contributed by atoms with Crippen molar-refractivity contribution in [1.82, 2.24) is 9.55 Å². The molecule has 0 saturated heterocycles. The van der Waals surface area contributed by atoms with Gasteiger partial charge in [-0.15, -0.1) is 0 Å². The van der Waals surface area contributed by atoms with Crippen molar-refractivity contribution in [2.24, 2.45) is 11.7 Å². The summed E-state index contributed by atoms with van der Waals surface area (Å²) in [5.41, 5.74) is 8.58. The number of aromatic nitrogens is 2. The molecule has 1 aromatic carbocycles. The van der Waals surface area contributed by atoms with Crippen molar-refractivity contribution < 1.29 is 0 Å². The third-order valence-electron chi connectivity index (χ3n) is 3.57. The minimum Gasteiger partial charge on any atom is -0.326 e. The van der Waals surface area contributed by atoms with Crippen molar-refractivity contribution >= 4 is 11.6 Å². The molecule has 1 aromatic heterocycles. The van der Waals surface area contributed by atoms with Crippen LogP contribution < -0.4 is 5.73 Å². The number of hydrogen-bond acceptors (Lipinski definition) is 2. The molecule has 2 atom stereocenters. The van der Waals surface area contributed by atoms with E-state index in [1.807, 2.05) is 36.8 Å². The Morgan fingerprint density at radius 1 is 1.20 bits per heavy atom. The maximum Gasteiger partial charge on any atom is 0.0954 e. The predicted molar refractivity (Wildman–Crippen MR) is 83.9 cm³/mol. The Bertz CT molecular complexity index is 545. The Labute approximate surface area is 125 Å². The molecule has 20 heavy (non-hydrogen) atoms.